The van der Waals surface area contributed by atoms with E-state index < -0.39 is 0 Å². The van der Waals surface area contributed by atoms with Gasteiger partial charge in [-0.25, -0.2) is 4.98 Å². The largest absolute Gasteiger partial charge is 0.308 e. The van der Waals surface area contributed by atoms with Crippen LogP contribution in [-0.2, 0) is 0 Å². The summed E-state index contributed by atoms with van der Waals surface area (Å²) in [5, 5.41) is 7.63. The highest BCUT2D eigenvalue weighted by molar-refractivity contribution is 14.1. The van der Waals surface area contributed by atoms with Crippen molar-refractivity contribution in [2.75, 3.05) is 0 Å². The van der Waals surface area contributed by atoms with Crippen molar-refractivity contribution in [1.29, 1.82) is 5.41 Å². The van der Waals surface area contributed by atoms with E-state index in [1.807, 2.05) is 0 Å². The molecule has 0 fully saturated rings. The van der Waals surface area contributed by atoms with Crippen LogP contribution in [0.25, 0.3) is 0 Å². The monoisotopic (exact) mass is 300 g/mol. The van der Waals surface area contributed by atoms with Gasteiger partial charge in [0.25, 0.3) is 0 Å². The quantitative estimate of drug-likeness (QED) is 0.483. The summed E-state index contributed by atoms with van der Waals surface area (Å²) in [6, 6.07) is 1.66. The third kappa shape index (κ3) is 2.04. The Bertz CT molecular complexity index is 278. The van der Waals surface area contributed by atoms with Gasteiger partial charge in [-0.05, 0) is 28.7 Å². The van der Waals surface area contributed by atoms with Gasteiger partial charge < -0.3 is 5.41 Å². The van der Waals surface area contributed by atoms with Gasteiger partial charge in [0, 0.05) is 15.3 Å². The second-order valence-corrected chi connectivity index (χ2v) is 3.68. The summed E-state index contributed by atoms with van der Waals surface area (Å²) in [5.74, 6) is 0. The number of halogens is 3. The molecule has 0 bridgehead atoms. The lowest BCUT2D eigenvalue weighted by Gasteiger charge is -1.99. The number of aromatic nitrogens is 1. The molecule has 11 heavy (non-hydrogen) atoms. The van der Waals surface area contributed by atoms with Gasteiger partial charge in [0.1, 0.15) is 10.3 Å². The Hall–Kier alpha value is 0.130. The van der Waals surface area contributed by atoms with E-state index in [1.165, 1.54) is 0 Å². The molecule has 58 valence electrons. The first-order valence-electron chi connectivity index (χ1n) is 2.67. The van der Waals surface area contributed by atoms with Crippen LogP contribution in [0.4, 0.5) is 0 Å². The molecule has 1 rings (SSSR count). The van der Waals surface area contributed by atoms with E-state index in [1.54, 1.807) is 6.07 Å². The molecule has 0 spiro atoms. The molecule has 5 heteroatoms. The van der Waals surface area contributed by atoms with Crippen LogP contribution in [0.1, 0.15) is 5.56 Å². The van der Waals surface area contributed by atoms with Crippen molar-refractivity contribution in [3.05, 3.63) is 25.5 Å². The molecule has 0 aliphatic carbocycles. The molecule has 0 aliphatic heterocycles. The molecule has 1 N–H and O–H groups in total. The van der Waals surface area contributed by atoms with E-state index in [4.69, 9.17) is 28.6 Å². The molecule has 0 atom stereocenters. The molecule has 0 aliphatic rings. The van der Waals surface area contributed by atoms with Crippen LogP contribution in [0.15, 0.2) is 6.07 Å². The number of nitrogens with one attached hydrogen (secondary N) is 1. The molecule has 1 aromatic rings. The summed E-state index contributed by atoms with van der Waals surface area (Å²) in [6.45, 7) is 0. The first-order valence-corrected chi connectivity index (χ1v) is 4.50. The standard InChI is InChI=1S/C6H3Cl2IN2/c7-5-1-4(9)3(2-10)6(8)11-5/h1-2,10H. The fraction of sp³-hybridized carbons (Fsp3) is 0. The Kier molecular flexibility index (Phi) is 3.09. The molecule has 0 aromatic carbocycles. The fourth-order valence-electron chi connectivity index (χ4n) is 0.596. The van der Waals surface area contributed by atoms with Gasteiger partial charge >= 0.3 is 0 Å². The summed E-state index contributed by atoms with van der Waals surface area (Å²) < 4.78 is 0.836. The van der Waals surface area contributed by atoms with Crippen molar-refractivity contribution in [2.45, 2.75) is 0 Å². The zero-order valence-corrected chi connectivity index (χ0v) is 8.91. The lowest BCUT2D eigenvalue weighted by atomic mass is 10.3. The maximum Gasteiger partial charge on any atom is 0.140 e. The first-order chi connectivity index (χ1) is 5.15. The number of hydrogen-bond acceptors (Lipinski definition) is 2. The van der Waals surface area contributed by atoms with E-state index in [2.05, 4.69) is 27.6 Å². The summed E-state index contributed by atoms with van der Waals surface area (Å²) in [6.07, 6.45) is 1.16. The lowest BCUT2D eigenvalue weighted by molar-refractivity contribution is 1.30. The molecule has 0 amide bonds. The van der Waals surface area contributed by atoms with Crippen molar-refractivity contribution in [3.8, 4) is 0 Å². The van der Waals surface area contributed by atoms with Gasteiger partial charge in [-0.15, -0.1) is 0 Å². The van der Waals surface area contributed by atoms with Gasteiger partial charge in [0.2, 0.25) is 0 Å². The van der Waals surface area contributed by atoms with E-state index in [0.29, 0.717) is 10.7 Å². The smallest absolute Gasteiger partial charge is 0.140 e. The van der Waals surface area contributed by atoms with Crippen LogP contribution in [0.3, 0.4) is 0 Å². The molecule has 0 saturated carbocycles. The molecule has 1 aromatic heterocycles. The Labute approximate surface area is 87.6 Å². The van der Waals surface area contributed by atoms with E-state index >= 15 is 0 Å². The molecular weight excluding hydrogens is 298 g/mol. The zero-order chi connectivity index (χ0) is 8.43. The average Bonchev–Trinajstić information content (AvgIpc) is 1.85. The summed E-state index contributed by atoms with van der Waals surface area (Å²) >= 11 is 13.3. The number of rotatable bonds is 1. The molecule has 0 radical (unpaired) electrons. The minimum absolute atomic E-state index is 0.275. The van der Waals surface area contributed by atoms with Crippen molar-refractivity contribution >= 4 is 52.0 Å². The average molecular weight is 301 g/mol. The molecular formula is C6H3Cl2IN2. The highest BCUT2D eigenvalue weighted by atomic mass is 127. The second-order valence-electron chi connectivity index (χ2n) is 1.78. The number of hydrogen-bond donors (Lipinski definition) is 1. The normalized spacial score (nSPS) is 9.73. The SMILES string of the molecule is N=Cc1c(I)cc(Cl)nc1Cl. The Morgan fingerprint density at radius 3 is 2.64 bits per heavy atom. The van der Waals surface area contributed by atoms with E-state index in [-0.39, 0.29) is 5.15 Å². The van der Waals surface area contributed by atoms with Crippen molar-refractivity contribution < 1.29 is 0 Å². The molecule has 0 saturated heterocycles. The summed E-state index contributed by atoms with van der Waals surface area (Å²) in [7, 11) is 0. The predicted octanol–water partition coefficient (Wildman–Crippen LogP) is 2.99. The van der Waals surface area contributed by atoms with Crippen LogP contribution >= 0.6 is 45.8 Å². The predicted molar refractivity (Wildman–Crippen MR) is 54.9 cm³/mol. The zero-order valence-electron chi connectivity index (χ0n) is 5.24. The van der Waals surface area contributed by atoms with Gasteiger partial charge in [0.15, 0.2) is 0 Å². The minimum atomic E-state index is 0.275. The van der Waals surface area contributed by atoms with Gasteiger partial charge in [0.05, 0.1) is 0 Å². The highest BCUT2D eigenvalue weighted by Crippen LogP contribution is 2.21. The minimum Gasteiger partial charge on any atom is -0.308 e. The Morgan fingerprint density at radius 2 is 2.18 bits per heavy atom. The van der Waals surface area contributed by atoms with Crippen LogP contribution in [-0.4, -0.2) is 11.2 Å². The second kappa shape index (κ2) is 3.69. The van der Waals surface area contributed by atoms with Gasteiger partial charge in [-0.1, -0.05) is 23.2 Å². The highest BCUT2D eigenvalue weighted by Gasteiger charge is 2.04. The molecule has 1 heterocycles. The van der Waals surface area contributed by atoms with Crippen LogP contribution in [0, 0.1) is 8.98 Å². The van der Waals surface area contributed by atoms with Crippen molar-refractivity contribution in [2.24, 2.45) is 0 Å². The number of nitrogens with zero attached hydrogens (tertiary/aromatic N) is 1. The van der Waals surface area contributed by atoms with Crippen LogP contribution in [0.5, 0.6) is 0 Å². The molecule has 2 nitrogen and oxygen atoms in total. The van der Waals surface area contributed by atoms with E-state index in [0.717, 1.165) is 9.78 Å². The third-order valence-electron chi connectivity index (χ3n) is 1.07. The maximum absolute atomic E-state index is 7.00. The Morgan fingerprint density at radius 1 is 1.55 bits per heavy atom. The lowest BCUT2D eigenvalue weighted by Crippen LogP contribution is -1.90. The van der Waals surface area contributed by atoms with Gasteiger partial charge in [-0.2, -0.15) is 0 Å². The van der Waals surface area contributed by atoms with E-state index in [9.17, 15) is 0 Å². The van der Waals surface area contributed by atoms with Crippen molar-refractivity contribution in [1.82, 2.24) is 4.98 Å². The van der Waals surface area contributed by atoms with Crippen molar-refractivity contribution in [3.63, 3.8) is 0 Å². The maximum atomic E-state index is 7.00. The fourth-order valence-corrected chi connectivity index (χ4v) is 2.13. The number of pyridine rings is 1. The van der Waals surface area contributed by atoms with Gasteiger partial charge in [-0.3, -0.25) is 0 Å². The molecule has 0 unspecified atom stereocenters. The topological polar surface area (TPSA) is 36.7 Å². The first kappa shape index (κ1) is 9.22. The summed E-state index contributed by atoms with van der Waals surface area (Å²) in [5.41, 5.74) is 0.608. The third-order valence-corrected chi connectivity index (χ3v) is 2.45. The summed E-state index contributed by atoms with van der Waals surface area (Å²) in [4.78, 5) is 3.78. The van der Waals surface area contributed by atoms with Crippen LogP contribution in [0.2, 0.25) is 10.3 Å². The Balaban J connectivity index is 3.36. The van der Waals surface area contributed by atoms with Crippen LogP contribution < -0.4 is 0 Å².